The predicted octanol–water partition coefficient (Wildman–Crippen LogP) is 2.63. The van der Waals surface area contributed by atoms with Crippen LogP contribution in [0, 0.1) is 0 Å². The molecule has 0 unspecified atom stereocenters. The summed E-state index contributed by atoms with van der Waals surface area (Å²) in [4.78, 5) is 37.9. The van der Waals surface area contributed by atoms with Gasteiger partial charge in [-0.3, -0.25) is 14.4 Å². The second kappa shape index (κ2) is 10.4. The molecule has 0 aromatic heterocycles. The molecule has 0 spiro atoms. The van der Waals surface area contributed by atoms with E-state index >= 15 is 0 Å². The third kappa shape index (κ3) is 6.50. The lowest BCUT2D eigenvalue weighted by molar-refractivity contribution is -0.133. The van der Waals surface area contributed by atoms with Crippen LogP contribution in [-0.2, 0) is 9.59 Å². The third-order valence-electron chi connectivity index (χ3n) is 4.23. The summed E-state index contributed by atoms with van der Waals surface area (Å²) in [5, 5.41) is 5.66. The minimum Gasteiger partial charge on any atom is -0.345 e. The number of likely N-dealkylation sites (tertiary alicyclic amines) is 1. The molecule has 0 saturated carbocycles. The van der Waals surface area contributed by atoms with Crippen LogP contribution in [0.1, 0.15) is 42.5 Å². The predicted molar refractivity (Wildman–Crippen MR) is 101 cm³/mol. The van der Waals surface area contributed by atoms with Crippen molar-refractivity contribution in [1.82, 2.24) is 15.5 Å². The van der Waals surface area contributed by atoms with Crippen LogP contribution in [-0.4, -0.2) is 48.8 Å². The van der Waals surface area contributed by atoms with Gasteiger partial charge in [0.2, 0.25) is 11.8 Å². The third-order valence-corrected chi connectivity index (χ3v) is 4.78. The van der Waals surface area contributed by atoms with E-state index in [4.69, 9.17) is 23.2 Å². The molecular formula is C18H23Cl2N3O3. The highest BCUT2D eigenvalue weighted by Crippen LogP contribution is 2.20. The fourth-order valence-corrected chi connectivity index (χ4v) is 3.27. The van der Waals surface area contributed by atoms with Crippen molar-refractivity contribution in [2.45, 2.75) is 32.1 Å². The molecule has 1 heterocycles. The van der Waals surface area contributed by atoms with Gasteiger partial charge in [0, 0.05) is 18.1 Å². The molecule has 0 bridgehead atoms. The van der Waals surface area contributed by atoms with Crippen LogP contribution in [0.5, 0.6) is 0 Å². The Balaban J connectivity index is 1.74. The first-order valence-corrected chi connectivity index (χ1v) is 9.50. The number of rotatable bonds is 5. The van der Waals surface area contributed by atoms with Gasteiger partial charge in [-0.2, -0.15) is 0 Å². The molecule has 26 heavy (non-hydrogen) atoms. The molecule has 1 aliphatic heterocycles. The number of nitrogens with one attached hydrogen (secondary N) is 2. The first kappa shape index (κ1) is 20.5. The van der Waals surface area contributed by atoms with Crippen molar-refractivity contribution in [3.05, 3.63) is 33.8 Å². The van der Waals surface area contributed by atoms with E-state index in [1.54, 1.807) is 11.0 Å². The van der Waals surface area contributed by atoms with Crippen LogP contribution >= 0.6 is 23.2 Å². The normalized spacial score (nSPS) is 14.9. The highest BCUT2D eigenvalue weighted by molar-refractivity contribution is 6.36. The number of amides is 3. The maximum atomic E-state index is 12.2. The van der Waals surface area contributed by atoms with E-state index in [9.17, 15) is 14.4 Å². The Morgan fingerprint density at radius 1 is 0.923 bits per heavy atom. The quantitative estimate of drug-likeness (QED) is 0.798. The van der Waals surface area contributed by atoms with E-state index in [-0.39, 0.29) is 29.6 Å². The Morgan fingerprint density at radius 3 is 2.23 bits per heavy atom. The summed E-state index contributed by atoms with van der Waals surface area (Å²) in [5.41, 5.74) is 0.237. The smallest absolute Gasteiger partial charge is 0.253 e. The van der Waals surface area contributed by atoms with Gasteiger partial charge in [0.1, 0.15) is 0 Å². The average Bonchev–Trinajstić information content (AvgIpc) is 2.57. The van der Waals surface area contributed by atoms with Crippen LogP contribution in [0.3, 0.4) is 0 Å². The van der Waals surface area contributed by atoms with Crippen LogP contribution in [0.15, 0.2) is 18.2 Å². The molecule has 142 valence electrons. The van der Waals surface area contributed by atoms with Gasteiger partial charge in [-0.15, -0.1) is 0 Å². The zero-order chi connectivity index (χ0) is 18.9. The summed E-state index contributed by atoms with van der Waals surface area (Å²) in [6.45, 7) is 1.18. The minimum absolute atomic E-state index is 0.0591. The molecule has 2 rings (SSSR count). The number of hydrogen-bond donors (Lipinski definition) is 2. The zero-order valence-corrected chi connectivity index (χ0v) is 16.0. The van der Waals surface area contributed by atoms with Gasteiger partial charge in [0.25, 0.3) is 5.91 Å². The van der Waals surface area contributed by atoms with Gasteiger partial charge in [-0.25, -0.2) is 0 Å². The maximum absolute atomic E-state index is 12.2. The van der Waals surface area contributed by atoms with Gasteiger partial charge in [0.15, 0.2) is 0 Å². The highest BCUT2D eigenvalue weighted by atomic mass is 35.5. The largest absolute Gasteiger partial charge is 0.345 e. The van der Waals surface area contributed by atoms with Gasteiger partial charge in [-0.05, 0) is 31.0 Å². The summed E-state index contributed by atoms with van der Waals surface area (Å²) >= 11 is 11.7. The summed E-state index contributed by atoms with van der Waals surface area (Å²) in [6, 6.07) is 4.49. The van der Waals surface area contributed by atoms with Gasteiger partial charge in [0.05, 0.1) is 23.7 Å². The average molecular weight is 400 g/mol. The first-order valence-electron chi connectivity index (χ1n) is 8.75. The van der Waals surface area contributed by atoms with Gasteiger partial charge in [-0.1, -0.05) is 42.5 Å². The molecule has 1 aromatic rings. The molecule has 1 aromatic carbocycles. The van der Waals surface area contributed by atoms with Crippen molar-refractivity contribution in [2.75, 3.05) is 26.2 Å². The fourth-order valence-electron chi connectivity index (χ4n) is 2.77. The number of nitrogens with zero attached hydrogens (tertiary/aromatic N) is 1. The Labute approximate surface area is 163 Å². The Bertz CT molecular complexity index is 659. The van der Waals surface area contributed by atoms with Crippen molar-refractivity contribution < 1.29 is 14.4 Å². The van der Waals surface area contributed by atoms with Crippen LogP contribution in [0.2, 0.25) is 10.0 Å². The monoisotopic (exact) mass is 399 g/mol. The number of halogens is 2. The first-order chi connectivity index (χ1) is 12.5. The van der Waals surface area contributed by atoms with E-state index in [0.717, 1.165) is 38.8 Å². The topological polar surface area (TPSA) is 78.5 Å². The lowest BCUT2D eigenvalue weighted by atomic mass is 10.1. The van der Waals surface area contributed by atoms with Crippen molar-refractivity contribution >= 4 is 40.9 Å². The van der Waals surface area contributed by atoms with Crippen molar-refractivity contribution in [2.24, 2.45) is 0 Å². The molecule has 0 radical (unpaired) electrons. The SMILES string of the molecule is O=C(CNC(=O)c1ccc(Cl)cc1Cl)NCC(=O)N1CCCCCCC1. The molecule has 2 N–H and O–H groups in total. The lowest BCUT2D eigenvalue weighted by Gasteiger charge is -2.24. The molecule has 0 aliphatic carbocycles. The number of carbonyl (C=O) groups excluding carboxylic acids is 3. The van der Waals surface area contributed by atoms with E-state index in [0.29, 0.717) is 5.02 Å². The van der Waals surface area contributed by atoms with Gasteiger partial charge >= 0.3 is 0 Å². The second-order valence-electron chi connectivity index (χ2n) is 6.23. The van der Waals surface area contributed by atoms with Crippen molar-refractivity contribution in [1.29, 1.82) is 0 Å². The highest BCUT2D eigenvalue weighted by Gasteiger charge is 2.16. The minimum atomic E-state index is -0.475. The van der Waals surface area contributed by atoms with E-state index in [1.807, 2.05) is 0 Å². The van der Waals surface area contributed by atoms with E-state index < -0.39 is 11.8 Å². The van der Waals surface area contributed by atoms with Crippen molar-refractivity contribution in [3.8, 4) is 0 Å². The maximum Gasteiger partial charge on any atom is 0.253 e. The molecule has 1 saturated heterocycles. The number of hydrogen-bond acceptors (Lipinski definition) is 3. The zero-order valence-electron chi connectivity index (χ0n) is 14.5. The standard InChI is InChI=1S/C18H23Cl2N3O3/c19-13-6-7-14(15(20)10-13)18(26)22-11-16(24)21-12-17(25)23-8-4-2-1-3-5-9-23/h6-7,10H,1-5,8-9,11-12H2,(H,21,24)(H,22,26). The second-order valence-corrected chi connectivity index (χ2v) is 7.08. The van der Waals surface area contributed by atoms with Crippen LogP contribution < -0.4 is 10.6 Å². The van der Waals surface area contributed by atoms with Crippen molar-refractivity contribution in [3.63, 3.8) is 0 Å². The number of benzene rings is 1. The van der Waals surface area contributed by atoms with E-state index in [1.165, 1.54) is 18.6 Å². The molecule has 8 heteroatoms. The van der Waals surface area contributed by atoms with E-state index in [2.05, 4.69) is 10.6 Å². The summed E-state index contributed by atoms with van der Waals surface area (Å²) < 4.78 is 0. The lowest BCUT2D eigenvalue weighted by Crippen LogP contribution is -2.44. The molecule has 1 aliphatic rings. The van der Waals surface area contributed by atoms with Crippen LogP contribution in [0.25, 0.3) is 0 Å². The molecule has 3 amide bonds. The Kier molecular flexibility index (Phi) is 8.19. The summed E-state index contributed by atoms with van der Waals surface area (Å²) in [7, 11) is 0. The van der Waals surface area contributed by atoms with Crippen LogP contribution in [0.4, 0.5) is 0 Å². The molecule has 0 atom stereocenters. The number of carbonyl (C=O) groups is 3. The molecule has 1 fully saturated rings. The summed E-state index contributed by atoms with van der Waals surface area (Å²) in [5.74, 6) is -0.993. The molecular weight excluding hydrogens is 377 g/mol. The Morgan fingerprint density at radius 2 is 1.58 bits per heavy atom. The summed E-state index contributed by atoms with van der Waals surface area (Å²) in [6.07, 6.45) is 5.48. The Hall–Kier alpha value is -1.79. The van der Waals surface area contributed by atoms with Gasteiger partial charge < -0.3 is 15.5 Å². The molecule has 6 nitrogen and oxygen atoms in total. The fraction of sp³-hybridized carbons (Fsp3) is 0.500.